The van der Waals surface area contributed by atoms with Gasteiger partial charge in [0.2, 0.25) is 5.95 Å². The lowest BCUT2D eigenvalue weighted by atomic mass is 9.89. The predicted octanol–water partition coefficient (Wildman–Crippen LogP) is 2.82. The van der Waals surface area contributed by atoms with Crippen molar-refractivity contribution in [1.82, 2.24) is 35.1 Å². The lowest BCUT2D eigenvalue weighted by molar-refractivity contribution is 0.0394. The van der Waals surface area contributed by atoms with E-state index >= 15 is 0 Å². The van der Waals surface area contributed by atoms with E-state index in [2.05, 4.69) is 30.6 Å². The van der Waals surface area contributed by atoms with Crippen LogP contribution in [0.2, 0.25) is 0 Å². The average Bonchev–Trinajstić information content (AvgIpc) is 3.40. The third-order valence-corrected chi connectivity index (χ3v) is 5.53. The Labute approximate surface area is 172 Å². The third kappa shape index (κ3) is 4.18. The van der Waals surface area contributed by atoms with E-state index in [-0.39, 0.29) is 23.7 Å². The largest absolute Gasteiger partial charge is 0.358 e. The molecule has 0 radical (unpaired) electrons. The molecule has 8 nitrogen and oxygen atoms in total. The van der Waals surface area contributed by atoms with Crippen molar-refractivity contribution in [2.24, 2.45) is 0 Å². The fourth-order valence-corrected chi connectivity index (χ4v) is 3.81. The Bertz CT molecular complexity index is 1010. The van der Waals surface area contributed by atoms with Crippen LogP contribution in [-0.2, 0) is 0 Å². The summed E-state index contributed by atoms with van der Waals surface area (Å²) < 4.78 is 27.8. The molecule has 1 amide bonds. The van der Waals surface area contributed by atoms with Crippen molar-refractivity contribution >= 4 is 16.9 Å². The van der Waals surface area contributed by atoms with E-state index < -0.39 is 12.0 Å². The molecule has 30 heavy (non-hydrogen) atoms. The first kappa shape index (κ1) is 20.4. The summed E-state index contributed by atoms with van der Waals surface area (Å²) in [6, 6.07) is 1.78. The highest BCUT2D eigenvalue weighted by Crippen LogP contribution is 2.24. The standard InChI is InChI=1S/C20H25F2N7O/c1-20(2,18(21)22)28-13-5-3-12(4-6-13)25-17(30)16-15-14(7-8-24-15)26-19(27-16)29-10-9-23-11-29/h7-13,18,24,28H,3-6H2,1-2H3,(H,25,30)/t12-,13-. The van der Waals surface area contributed by atoms with Gasteiger partial charge in [-0.1, -0.05) is 0 Å². The van der Waals surface area contributed by atoms with Crippen molar-refractivity contribution in [2.75, 3.05) is 0 Å². The van der Waals surface area contributed by atoms with Crippen molar-refractivity contribution in [3.05, 3.63) is 36.7 Å². The van der Waals surface area contributed by atoms with E-state index in [4.69, 9.17) is 0 Å². The minimum absolute atomic E-state index is 0.0177. The highest BCUT2D eigenvalue weighted by molar-refractivity contribution is 6.03. The lowest BCUT2D eigenvalue weighted by Crippen LogP contribution is -2.53. The number of amides is 1. The van der Waals surface area contributed by atoms with E-state index in [0.29, 0.717) is 17.0 Å². The van der Waals surface area contributed by atoms with Crippen LogP contribution >= 0.6 is 0 Å². The van der Waals surface area contributed by atoms with Crippen molar-refractivity contribution in [3.63, 3.8) is 0 Å². The number of hydrogen-bond donors (Lipinski definition) is 3. The number of H-pyrrole nitrogens is 1. The molecular formula is C20H25F2N7O. The topological polar surface area (TPSA) is 101 Å². The molecule has 10 heteroatoms. The first-order chi connectivity index (χ1) is 14.3. The normalized spacial score (nSPS) is 20.0. The molecule has 0 spiro atoms. The summed E-state index contributed by atoms with van der Waals surface area (Å²) in [6.07, 6.45) is 7.08. The number of imidazole rings is 1. The third-order valence-electron chi connectivity index (χ3n) is 5.53. The molecule has 160 valence electrons. The molecule has 1 aliphatic rings. The molecule has 1 aliphatic carbocycles. The second-order valence-electron chi connectivity index (χ2n) is 8.27. The number of aromatic amines is 1. The van der Waals surface area contributed by atoms with E-state index in [0.717, 1.165) is 25.7 Å². The zero-order valence-electron chi connectivity index (χ0n) is 16.9. The Morgan fingerprint density at radius 3 is 2.63 bits per heavy atom. The number of hydrogen-bond acceptors (Lipinski definition) is 5. The second-order valence-corrected chi connectivity index (χ2v) is 8.27. The minimum atomic E-state index is -2.43. The summed E-state index contributed by atoms with van der Waals surface area (Å²) >= 11 is 0. The van der Waals surface area contributed by atoms with Crippen molar-refractivity contribution in [3.8, 4) is 5.95 Å². The summed E-state index contributed by atoms with van der Waals surface area (Å²) in [4.78, 5) is 28.9. The van der Waals surface area contributed by atoms with Crippen LogP contribution in [-0.4, -0.2) is 54.5 Å². The van der Waals surface area contributed by atoms with Gasteiger partial charge in [-0.15, -0.1) is 0 Å². The van der Waals surface area contributed by atoms with E-state index in [9.17, 15) is 13.6 Å². The molecule has 4 rings (SSSR count). The van der Waals surface area contributed by atoms with Gasteiger partial charge < -0.3 is 15.6 Å². The highest BCUT2D eigenvalue weighted by Gasteiger charge is 2.33. The Morgan fingerprint density at radius 2 is 1.97 bits per heavy atom. The van der Waals surface area contributed by atoms with Gasteiger partial charge in [-0.3, -0.25) is 9.36 Å². The monoisotopic (exact) mass is 417 g/mol. The number of alkyl halides is 2. The van der Waals surface area contributed by atoms with Crippen LogP contribution in [0.25, 0.3) is 17.0 Å². The van der Waals surface area contributed by atoms with Gasteiger partial charge in [0.15, 0.2) is 5.69 Å². The van der Waals surface area contributed by atoms with Crippen molar-refractivity contribution < 1.29 is 13.6 Å². The van der Waals surface area contributed by atoms with Gasteiger partial charge in [-0.2, -0.15) is 0 Å². The Kier molecular flexibility index (Phi) is 5.50. The first-order valence-electron chi connectivity index (χ1n) is 10.0. The number of carbonyl (C=O) groups is 1. The number of nitrogens with zero attached hydrogens (tertiary/aromatic N) is 4. The Hall–Kier alpha value is -2.88. The van der Waals surface area contributed by atoms with E-state index in [1.54, 1.807) is 35.6 Å². The maximum absolute atomic E-state index is 13.1. The van der Waals surface area contributed by atoms with Crippen LogP contribution in [0.3, 0.4) is 0 Å². The van der Waals surface area contributed by atoms with Crippen LogP contribution in [0.1, 0.15) is 50.0 Å². The second kappa shape index (κ2) is 8.10. The quantitative estimate of drug-likeness (QED) is 0.573. The summed E-state index contributed by atoms with van der Waals surface area (Å²) in [5.41, 5.74) is 0.268. The van der Waals surface area contributed by atoms with Crippen LogP contribution in [0, 0.1) is 0 Å². The zero-order valence-corrected chi connectivity index (χ0v) is 16.9. The van der Waals surface area contributed by atoms with Crippen molar-refractivity contribution in [1.29, 1.82) is 0 Å². The number of halogens is 2. The molecule has 1 saturated carbocycles. The van der Waals surface area contributed by atoms with Crippen LogP contribution in [0.15, 0.2) is 31.0 Å². The lowest BCUT2D eigenvalue weighted by Gasteiger charge is -2.35. The molecule has 0 saturated heterocycles. The molecule has 3 aromatic rings. The molecular weight excluding hydrogens is 392 g/mol. The molecule has 0 aromatic carbocycles. The molecule has 0 aliphatic heterocycles. The maximum atomic E-state index is 13.1. The first-order valence-corrected chi connectivity index (χ1v) is 10.0. The van der Waals surface area contributed by atoms with Gasteiger partial charge in [0.1, 0.15) is 6.33 Å². The van der Waals surface area contributed by atoms with Gasteiger partial charge in [-0.05, 0) is 45.6 Å². The maximum Gasteiger partial charge on any atom is 0.272 e. The minimum Gasteiger partial charge on any atom is -0.358 e. The number of carbonyl (C=O) groups excluding carboxylic acids is 1. The van der Waals surface area contributed by atoms with Crippen molar-refractivity contribution in [2.45, 2.75) is 63.6 Å². The molecule has 3 N–H and O–H groups in total. The van der Waals surface area contributed by atoms with E-state index in [1.807, 2.05) is 0 Å². The summed E-state index contributed by atoms with van der Waals surface area (Å²) in [7, 11) is 0. The zero-order chi connectivity index (χ0) is 21.3. The van der Waals surface area contributed by atoms with Gasteiger partial charge in [0.25, 0.3) is 12.3 Å². The van der Waals surface area contributed by atoms with Gasteiger partial charge >= 0.3 is 0 Å². The number of aromatic nitrogens is 5. The average molecular weight is 417 g/mol. The van der Waals surface area contributed by atoms with Gasteiger partial charge in [-0.25, -0.2) is 23.7 Å². The van der Waals surface area contributed by atoms with Crippen LogP contribution < -0.4 is 10.6 Å². The summed E-state index contributed by atoms with van der Waals surface area (Å²) in [5.74, 6) is 0.0856. The molecule has 0 atom stereocenters. The van der Waals surface area contributed by atoms with Crippen LogP contribution in [0.4, 0.5) is 8.78 Å². The number of fused-ring (bicyclic) bond motifs is 1. The molecule has 1 fully saturated rings. The number of nitrogens with one attached hydrogen (secondary N) is 3. The molecule has 3 aromatic heterocycles. The fourth-order valence-electron chi connectivity index (χ4n) is 3.81. The van der Waals surface area contributed by atoms with Gasteiger partial charge in [0.05, 0.1) is 16.6 Å². The van der Waals surface area contributed by atoms with E-state index in [1.165, 1.54) is 13.8 Å². The summed E-state index contributed by atoms with van der Waals surface area (Å²) in [5, 5.41) is 6.09. The van der Waals surface area contributed by atoms with Gasteiger partial charge in [0, 0.05) is 30.7 Å². The molecule has 0 bridgehead atoms. The Balaban J connectivity index is 1.44. The highest BCUT2D eigenvalue weighted by atomic mass is 19.3. The van der Waals surface area contributed by atoms with Crippen LogP contribution in [0.5, 0.6) is 0 Å². The fraction of sp³-hybridized carbons (Fsp3) is 0.500. The smallest absolute Gasteiger partial charge is 0.272 e. The molecule has 0 unspecified atom stereocenters. The summed E-state index contributed by atoms with van der Waals surface area (Å²) in [6.45, 7) is 3.03. The molecule has 3 heterocycles. The predicted molar refractivity (Wildman–Crippen MR) is 108 cm³/mol. The number of rotatable bonds is 6. The Morgan fingerprint density at radius 1 is 1.23 bits per heavy atom. The SMILES string of the molecule is CC(C)(N[C@H]1CC[C@H](NC(=O)c2nc(-n3ccnc3)nc3cc[nH]c23)CC1)C(F)F.